The number of hydrogen-bond donors (Lipinski definition) is 0. The van der Waals surface area contributed by atoms with Crippen LogP contribution < -0.4 is 0 Å². The second kappa shape index (κ2) is 4.24. The second-order valence-electron chi connectivity index (χ2n) is 4.19. The molecule has 0 amide bonds. The van der Waals surface area contributed by atoms with Crippen molar-refractivity contribution >= 4 is 7.53 Å². The Bertz CT molecular complexity index is 438. The molecule has 1 unspecified atom stereocenters. The molecule has 0 nitrogen and oxygen atoms in total. The van der Waals surface area contributed by atoms with Gasteiger partial charge in [-0.1, -0.05) is 50.2 Å². The maximum Gasteiger partial charge on any atom is 0.00167 e. The summed E-state index contributed by atoms with van der Waals surface area (Å²) in [6.07, 6.45) is 0. The van der Waals surface area contributed by atoms with Crippen LogP contribution in [0.4, 0.5) is 0 Å². The molecule has 0 saturated carbocycles. The lowest BCUT2D eigenvalue weighted by Crippen LogP contribution is -1.76. The zero-order valence-electron chi connectivity index (χ0n) is 9.57. The van der Waals surface area contributed by atoms with E-state index in [9.17, 15) is 0 Å². The van der Waals surface area contributed by atoms with E-state index < -0.39 is 0 Å². The van der Waals surface area contributed by atoms with Crippen molar-refractivity contribution in [1.29, 1.82) is 0 Å². The molecule has 1 atom stereocenters. The van der Waals surface area contributed by atoms with E-state index in [1.165, 1.54) is 10.9 Å². The molecule has 15 heavy (non-hydrogen) atoms. The Morgan fingerprint density at radius 3 is 2.20 bits per heavy atom. The van der Waals surface area contributed by atoms with Crippen LogP contribution in [0.25, 0.3) is 10.9 Å². The fourth-order valence-electron chi connectivity index (χ4n) is 2.08. The van der Waals surface area contributed by atoms with Crippen molar-refractivity contribution in [2.45, 2.75) is 26.4 Å². The van der Waals surface area contributed by atoms with Gasteiger partial charge in [0.05, 0.1) is 0 Å². The van der Waals surface area contributed by atoms with Crippen molar-refractivity contribution in [2.75, 3.05) is 0 Å². The van der Waals surface area contributed by atoms with Crippen LogP contribution in [0.1, 0.15) is 24.8 Å². The summed E-state index contributed by atoms with van der Waals surface area (Å²) in [5, 5.41) is 3.09. The SMILES string of the molecule is Cc1ccc(-c2ccccc2)p1C(C)C. The largest absolute Gasteiger partial charge is 0.111 e. The zero-order chi connectivity index (χ0) is 10.8. The lowest BCUT2D eigenvalue weighted by Gasteiger charge is -2.11. The van der Waals surface area contributed by atoms with Gasteiger partial charge >= 0.3 is 0 Å². The maximum atomic E-state index is 2.32. The lowest BCUT2D eigenvalue weighted by atomic mass is 10.2. The molecule has 0 aliphatic carbocycles. The van der Waals surface area contributed by atoms with E-state index in [1.54, 1.807) is 5.30 Å². The molecule has 1 heterocycles. The molecule has 1 aromatic carbocycles. The first-order valence-corrected chi connectivity index (χ1v) is 6.84. The Morgan fingerprint density at radius 2 is 1.60 bits per heavy atom. The molecule has 2 rings (SSSR count). The van der Waals surface area contributed by atoms with Crippen LogP contribution in [0.3, 0.4) is 0 Å². The third-order valence-corrected chi connectivity index (χ3v) is 5.58. The molecule has 0 fully saturated rings. The Balaban J connectivity index is 2.54. The Kier molecular flexibility index (Phi) is 2.98. The summed E-state index contributed by atoms with van der Waals surface area (Å²) in [4.78, 5) is 0. The van der Waals surface area contributed by atoms with E-state index in [0.29, 0.717) is 0 Å². The second-order valence-corrected chi connectivity index (χ2v) is 7.15. The van der Waals surface area contributed by atoms with Gasteiger partial charge in [-0.3, -0.25) is 0 Å². The van der Waals surface area contributed by atoms with Crippen molar-refractivity contribution in [3.05, 3.63) is 47.8 Å². The van der Waals surface area contributed by atoms with Crippen molar-refractivity contribution < 1.29 is 0 Å². The molecule has 0 bridgehead atoms. The van der Waals surface area contributed by atoms with Gasteiger partial charge in [0, 0.05) is 5.30 Å². The summed E-state index contributed by atoms with van der Waals surface area (Å²) in [5.74, 6) is 0. The monoisotopic (exact) mass is 216 g/mol. The average molecular weight is 216 g/mol. The van der Waals surface area contributed by atoms with Crippen LogP contribution in [-0.4, -0.2) is 0 Å². The molecule has 0 N–H and O–H groups in total. The predicted molar refractivity (Wildman–Crippen MR) is 69.7 cm³/mol. The van der Waals surface area contributed by atoms with E-state index in [4.69, 9.17) is 0 Å². The number of hydrogen-bond acceptors (Lipinski definition) is 0. The van der Waals surface area contributed by atoms with Crippen molar-refractivity contribution in [3.8, 4) is 10.9 Å². The highest BCUT2D eigenvalue weighted by Crippen LogP contribution is 2.52. The standard InChI is InChI=1S/C14H17P/c1-11(2)15-12(3)9-10-14(15)13-7-5-4-6-8-13/h4-11H,1-3H3. The fraction of sp³-hybridized carbons (Fsp3) is 0.286. The molecular formula is C14H17P. The molecule has 1 heteroatoms. The molecule has 0 aliphatic rings. The van der Waals surface area contributed by atoms with Gasteiger partial charge in [-0.05, 0) is 29.5 Å². The van der Waals surface area contributed by atoms with Crippen molar-refractivity contribution in [3.63, 3.8) is 0 Å². The summed E-state index contributed by atoms with van der Waals surface area (Å²) in [6, 6.07) is 15.3. The zero-order valence-corrected chi connectivity index (χ0v) is 10.5. The highest BCUT2D eigenvalue weighted by molar-refractivity contribution is 7.54. The third-order valence-electron chi connectivity index (χ3n) is 2.71. The van der Waals surface area contributed by atoms with E-state index in [0.717, 1.165) is 5.66 Å². The van der Waals surface area contributed by atoms with Gasteiger partial charge in [0.15, 0.2) is 0 Å². The van der Waals surface area contributed by atoms with Gasteiger partial charge in [0.1, 0.15) is 0 Å². The Morgan fingerprint density at radius 1 is 0.933 bits per heavy atom. The molecule has 0 saturated heterocycles. The molecule has 78 valence electrons. The van der Waals surface area contributed by atoms with E-state index >= 15 is 0 Å². The van der Waals surface area contributed by atoms with E-state index in [-0.39, 0.29) is 7.53 Å². The topological polar surface area (TPSA) is 0 Å². The van der Waals surface area contributed by atoms with Crippen LogP contribution in [0.15, 0.2) is 42.5 Å². The first-order chi connectivity index (χ1) is 7.20. The lowest BCUT2D eigenvalue weighted by molar-refractivity contribution is 1.03. The fourth-order valence-corrected chi connectivity index (χ4v) is 4.73. The minimum Gasteiger partial charge on any atom is -0.111 e. The molecule has 2 aromatic rings. The maximum absolute atomic E-state index is 2.32. The van der Waals surface area contributed by atoms with Crippen LogP contribution in [0.5, 0.6) is 0 Å². The van der Waals surface area contributed by atoms with Gasteiger partial charge in [-0.25, -0.2) is 0 Å². The number of aryl methyl sites for hydroxylation is 1. The number of benzene rings is 1. The highest BCUT2D eigenvalue weighted by Gasteiger charge is 2.10. The summed E-state index contributed by atoms with van der Waals surface area (Å²) in [5.41, 5.74) is 2.13. The van der Waals surface area contributed by atoms with Gasteiger partial charge in [0.2, 0.25) is 0 Å². The Hall–Kier alpha value is -1.000. The van der Waals surface area contributed by atoms with Crippen molar-refractivity contribution in [2.24, 2.45) is 0 Å². The van der Waals surface area contributed by atoms with Gasteiger partial charge in [0.25, 0.3) is 0 Å². The highest BCUT2D eigenvalue weighted by atomic mass is 31.1. The van der Waals surface area contributed by atoms with Crippen LogP contribution in [0.2, 0.25) is 0 Å². The average Bonchev–Trinajstić information content (AvgIpc) is 2.61. The summed E-state index contributed by atoms with van der Waals surface area (Å²) < 4.78 is 0. The quantitative estimate of drug-likeness (QED) is 0.644. The third kappa shape index (κ3) is 2.01. The van der Waals surface area contributed by atoms with Crippen LogP contribution in [0, 0.1) is 6.92 Å². The van der Waals surface area contributed by atoms with Crippen molar-refractivity contribution in [1.82, 2.24) is 0 Å². The number of rotatable bonds is 2. The Labute approximate surface area is 93.0 Å². The van der Waals surface area contributed by atoms with Crippen LogP contribution >= 0.6 is 7.53 Å². The summed E-state index contributed by atoms with van der Waals surface area (Å²) in [7, 11) is -0.0828. The predicted octanol–water partition coefficient (Wildman–Crippen LogP) is 5.23. The first-order valence-electron chi connectivity index (χ1n) is 5.43. The van der Waals surface area contributed by atoms with Gasteiger partial charge in [-0.15, -0.1) is 7.53 Å². The molecule has 0 aliphatic heterocycles. The molecule has 0 radical (unpaired) electrons. The smallest absolute Gasteiger partial charge is 0.00167 e. The first kappa shape index (κ1) is 10.5. The van der Waals surface area contributed by atoms with Gasteiger partial charge in [-0.2, -0.15) is 0 Å². The normalized spacial score (nSPS) is 12.1. The van der Waals surface area contributed by atoms with Gasteiger partial charge < -0.3 is 0 Å². The molecular weight excluding hydrogens is 199 g/mol. The molecule has 1 aromatic heterocycles. The summed E-state index contributed by atoms with van der Waals surface area (Å²) >= 11 is 0. The minimum atomic E-state index is -0.0828. The molecule has 0 spiro atoms. The van der Waals surface area contributed by atoms with Crippen LogP contribution in [-0.2, 0) is 0 Å². The van der Waals surface area contributed by atoms with E-state index in [2.05, 4.69) is 63.2 Å². The summed E-state index contributed by atoms with van der Waals surface area (Å²) in [6.45, 7) is 6.91. The van der Waals surface area contributed by atoms with E-state index in [1.807, 2.05) is 0 Å². The minimum absolute atomic E-state index is 0.0828.